The highest BCUT2D eigenvalue weighted by molar-refractivity contribution is 5.73. The van der Waals surface area contributed by atoms with Gasteiger partial charge in [0.1, 0.15) is 11.2 Å². The molecule has 0 spiro atoms. The van der Waals surface area contributed by atoms with Crippen LogP contribution < -0.4 is 0 Å². The molecule has 0 aromatic rings. The molecule has 0 amide bonds. The van der Waals surface area contributed by atoms with Gasteiger partial charge in [-0.25, -0.2) is 9.59 Å². The molecule has 0 atom stereocenters. The van der Waals surface area contributed by atoms with Crippen molar-refractivity contribution >= 4 is 11.9 Å². The monoisotopic (exact) mass is 258 g/mol. The Morgan fingerprint density at radius 1 is 0.778 bits per heavy atom. The van der Waals surface area contributed by atoms with E-state index in [0.29, 0.717) is 0 Å². The number of carbonyl (C=O) groups excluding carboxylic acids is 2. The quantitative estimate of drug-likeness (QED) is 0.571. The summed E-state index contributed by atoms with van der Waals surface area (Å²) in [6, 6.07) is 0. The lowest BCUT2D eigenvalue weighted by atomic mass is 10.2. The van der Waals surface area contributed by atoms with Crippen LogP contribution in [0, 0.1) is 0 Å². The van der Waals surface area contributed by atoms with E-state index in [9.17, 15) is 9.59 Å². The molecule has 0 aliphatic rings. The zero-order valence-electron chi connectivity index (χ0n) is 11.9. The standard InChI is InChI=1S/C12H22N2O4/c1-11(2,3)17-9(15)7-13-14-8-10(16)18-12(4,5)6/h7-8H2,1-6H3. The fourth-order valence-electron chi connectivity index (χ4n) is 0.963. The summed E-state index contributed by atoms with van der Waals surface area (Å²) in [5.74, 6) is -0.953. The van der Waals surface area contributed by atoms with Gasteiger partial charge in [0, 0.05) is 0 Å². The van der Waals surface area contributed by atoms with E-state index in [0.717, 1.165) is 0 Å². The Labute approximate surface area is 108 Å². The van der Waals surface area contributed by atoms with Crippen molar-refractivity contribution in [1.29, 1.82) is 0 Å². The van der Waals surface area contributed by atoms with E-state index in [1.54, 1.807) is 41.5 Å². The van der Waals surface area contributed by atoms with Crippen LogP contribution >= 0.6 is 0 Å². The molecule has 0 aromatic heterocycles. The number of esters is 2. The lowest BCUT2D eigenvalue weighted by molar-refractivity contribution is -0.154. The first-order chi connectivity index (χ1) is 7.99. The van der Waals surface area contributed by atoms with Gasteiger partial charge in [-0.3, -0.25) is 0 Å². The van der Waals surface area contributed by atoms with E-state index in [1.807, 2.05) is 0 Å². The number of ether oxygens (including phenoxy) is 2. The maximum absolute atomic E-state index is 11.2. The summed E-state index contributed by atoms with van der Waals surface area (Å²) in [6.45, 7) is 10.2. The van der Waals surface area contributed by atoms with E-state index in [-0.39, 0.29) is 13.1 Å². The van der Waals surface area contributed by atoms with Crippen LogP contribution in [0.3, 0.4) is 0 Å². The molecular weight excluding hydrogens is 236 g/mol. The van der Waals surface area contributed by atoms with Crippen LogP contribution in [0.1, 0.15) is 41.5 Å². The minimum absolute atomic E-state index is 0.194. The SMILES string of the molecule is CC(C)(C)OC(=O)CN=NCC(=O)OC(C)(C)C. The number of hydrogen-bond donors (Lipinski definition) is 0. The molecule has 104 valence electrons. The number of hydrogen-bond acceptors (Lipinski definition) is 6. The third kappa shape index (κ3) is 11.0. The fraction of sp³-hybridized carbons (Fsp3) is 0.833. The summed E-state index contributed by atoms with van der Waals surface area (Å²) < 4.78 is 10.0. The second kappa shape index (κ2) is 6.47. The maximum Gasteiger partial charge on any atom is 0.330 e. The lowest BCUT2D eigenvalue weighted by Gasteiger charge is -2.18. The van der Waals surface area contributed by atoms with Crippen LogP contribution in [0.2, 0.25) is 0 Å². The van der Waals surface area contributed by atoms with Crippen molar-refractivity contribution < 1.29 is 19.1 Å². The minimum atomic E-state index is -0.544. The molecular formula is C12H22N2O4. The number of nitrogens with zero attached hydrogens (tertiary/aromatic N) is 2. The Morgan fingerprint density at radius 3 is 1.28 bits per heavy atom. The largest absolute Gasteiger partial charge is 0.459 e. The normalized spacial score (nSPS) is 12.6. The zero-order valence-corrected chi connectivity index (χ0v) is 11.9. The minimum Gasteiger partial charge on any atom is -0.459 e. The van der Waals surface area contributed by atoms with Crippen molar-refractivity contribution in [2.24, 2.45) is 10.2 Å². The highest BCUT2D eigenvalue weighted by atomic mass is 16.6. The first kappa shape index (κ1) is 16.5. The third-order valence-electron chi connectivity index (χ3n) is 1.34. The summed E-state index contributed by atoms with van der Waals surface area (Å²) in [6.07, 6.45) is 0. The molecule has 0 N–H and O–H groups in total. The summed E-state index contributed by atoms with van der Waals surface area (Å²) >= 11 is 0. The molecule has 0 bridgehead atoms. The van der Waals surface area contributed by atoms with Crippen molar-refractivity contribution in [2.75, 3.05) is 13.1 Å². The molecule has 0 radical (unpaired) electrons. The van der Waals surface area contributed by atoms with E-state index >= 15 is 0 Å². The van der Waals surface area contributed by atoms with Crippen molar-refractivity contribution in [3.63, 3.8) is 0 Å². The number of rotatable bonds is 4. The molecule has 6 nitrogen and oxygen atoms in total. The summed E-state index contributed by atoms with van der Waals surface area (Å²) in [7, 11) is 0. The molecule has 0 heterocycles. The van der Waals surface area contributed by atoms with Crippen LogP contribution in [0.4, 0.5) is 0 Å². The van der Waals surface area contributed by atoms with Gasteiger partial charge in [-0.15, -0.1) is 0 Å². The Morgan fingerprint density at radius 2 is 1.06 bits per heavy atom. The third-order valence-corrected chi connectivity index (χ3v) is 1.34. The first-order valence-corrected chi connectivity index (χ1v) is 5.76. The Bertz CT molecular complexity index is 292. The molecule has 0 aliphatic heterocycles. The molecule has 6 heteroatoms. The molecule has 0 rings (SSSR count). The number of carbonyl (C=O) groups is 2. The van der Waals surface area contributed by atoms with Crippen LogP contribution in [-0.4, -0.2) is 36.2 Å². The van der Waals surface area contributed by atoms with Crippen molar-refractivity contribution in [3.05, 3.63) is 0 Å². The van der Waals surface area contributed by atoms with Gasteiger partial charge in [-0.2, -0.15) is 10.2 Å². The van der Waals surface area contributed by atoms with Crippen LogP contribution in [0.25, 0.3) is 0 Å². The predicted molar refractivity (Wildman–Crippen MR) is 66.3 cm³/mol. The van der Waals surface area contributed by atoms with E-state index < -0.39 is 23.1 Å². The summed E-state index contributed by atoms with van der Waals surface area (Å²) in [5.41, 5.74) is -1.09. The van der Waals surface area contributed by atoms with Crippen LogP contribution in [-0.2, 0) is 19.1 Å². The summed E-state index contributed by atoms with van der Waals surface area (Å²) in [4.78, 5) is 22.5. The lowest BCUT2D eigenvalue weighted by Crippen LogP contribution is -2.26. The molecule has 0 unspecified atom stereocenters. The van der Waals surface area contributed by atoms with Gasteiger partial charge < -0.3 is 9.47 Å². The van der Waals surface area contributed by atoms with Crippen molar-refractivity contribution in [3.8, 4) is 0 Å². The van der Waals surface area contributed by atoms with Gasteiger partial charge >= 0.3 is 11.9 Å². The second-order valence-corrected chi connectivity index (χ2v) is 5.77. The molecule has 0 saturated carbocycles. The molecule has 0 fully saturated rings. The molecule has 0 aliphatic carbocycles. The van der Waals surface area contributed by atoms with Gasteiger partial charge in [0.05, 0.1) is 0 Å². The fourth-order valence-corrected chi connectivity index (χ4v) is 0.963. The summed E-state index contributed by atoms with van der Waals surface area (Å²) in [5, 5.41) is 7.15. The van der Waals surface area contributed by atoms with Gasteiger partial charge in [0.15, 0.2) is 13.1 Å². The Balaban J connectivity index is 3.92. The Hall–Kier alpha value is -1.46. The molecule has 0 saturated heterocycles. The molecule has 18 heavy (non-hydrogen) atoms. The van der Waals surface area contributed by atoms with E-state index in [4.69, 9.17) is 9.47 Å². The average molecular weight is 258 g/mol. The maximum atomic E-state index is 11.2. The van der Waals surface area contributed by atoms with Crippen molar-refractivity contribution in [1.82, 2.24) is 0 Å². The van der Waals surface area contributed by atoms with Gasteiger partial charge in [0.25, 0.3) is 0 Å². The number of azo groups is 1. The van der Waals surface area contributed by atoms with E-state index in [2.05, 4.69) is 10.2 Å². The topological polar surface area (TPSA) is 77.3 Å². The second-order valence-electron chi connectivity index (χ2n) is 5.77. The van der Waals surface area contributed by atoms with Gasteiger partial charge in [-0.05, 0) is 41.5 Å². The van der Waals surface area contributed by atoms with E-state index in [1.165, 1.54) is 0 Å². The van der Waals surface area contributed by atoms with Gasteiger partial charge in [0.2, 0.25) is 0 Å². The van der Waals surface area contributed by atoms with Gasteiger partial charge in [-0.1, -0.05) is 0 Å². The highest BCUT2D eigenvalue weighted by Gasteiger charge is 2.17. The smallest absolute Gasteiger partial charge is 0.330 e. The average Bonchev–Trinajstić information content (AvgIpc) is 2.06. The molecule has 0 aromatic carbocycles. The predicted octanol–water partition coefficient (Wildman–Crippen LogP) is 2.12. The first-order valence-electron chi connectivity index (χ1n) is 5.76. The van der Waals surface area contributed by atoms with Crippen LogP contribution in [0.5, 0.6) is 0 Å². The highest BCUT2D eigenvalue weighted by Crippen LogP contribution is 2.07. The van der Waals surface area contributed by atoms with Crippen LogP contribution in [0.15, 0.2) is 10.2 Å². The Kier molecular flexibility index (Phi) is 5.94. The van der Waals surface area contributed by atoms with Crippen molar-refractivity contribution in [2.45, 2.75) is 52.7 Å². The zero-order chi connectivity index (χ0) is 14.4.